The molecule has 2 heterocycles. The lowest BCUT2D eigenvalue weighted by molar-refractivity contribution is -0.324. The van der Waals surface area contributed by atoms with Crippen molar-refractivity contribution in [1.29, 1.82) is 0 Å². The predicted octanol–water partition coefficient (Wildman–Crippen LogP) is 4.10. The van der Waals surface area contributed by atoms with Crippen molar-refractivity contribution in [2.24, 2.45) is 0 Å². The zero-order chi connectivity index (χ0) is 25.0. The number of halogens is 5. The van der Waals surface area contributed by atoms with E-state index in [4.69, 9.17) is 25.5 Å². The van der Waals surface area contributed by atoms with E-state index in [1.165, 1.54) is 12.3 Å². The van der Waals surface area contributed by atoms with E-state index in [-0.39, 0.29) is 53.1 Å². The Labute approximate surface area is 200 Å². The number of benzene rings is 1. The zero-order valence-corrected chi connectivity index (χ0v) is 18.8. The molecule has 2 bridgehead atoms. The Bertz CT molecular complexity index is 1160. The fourth-order valence-corrected chi connectivity index (χ4v) is 5.13. The standard InChI is InChI=1S/C22H19ClF4N2O6/c23-12-4-11-14(30)6-16(34-15(11)5-13(12)24)18(31)29-21-8-20(9-21,10-21)17-7-28-19(35-17)32-2-1-3-33-22(25,26)27/h4-5,7,16H,1-3,6,8-10H2,(H,29,31)/t16-,20?,21?/m1/s1. The van der Waals surface area contributed by atoms with E-state index >= 15 is 0 Å². The fraction of sp³-hybridized carbons (Fsp3) is 0.500. The van der Waals surface area contributed by atoms with Gasteiger partial charge in [-0.05, 0) is 25.3 Å². The number of aromatic nitrogens is 1. The van der Waals surface area contributed by atoms with Crippen LogP contribution < -0.4 is 14.8 Å². The van der Waals surface area contributed by atoms with Gasteiger partial charge in [0.25, 0.3) is 5.91 Å². The van der Waals surface area contributed by atoms with Crippen molar-refractivity contribution in [1.82, 2.24) is 10.3 Å². The molecule has 1 amide bonds. The number of ether oxygens (including phenoxy) is 3. The van der Waals surface area contributed by atoms with Crippen molar-refractivity contribution >= 4 is 23.3 Å². The van der Waals surface area contributed by atoms with Crippen LogP contribution in [0.5, 0.6) is 11.8 Å². The number of hydrogen-bond acceptors (Lipinski definition) is 7. The maximum atomic E-state index is 13.8. The molecule has 3 aliphatic carbocycles. The number of carbonyl (C=O) groups is 2. The third kappa shape index (κ3) is 4.56. The molecule has 35 heavy (non-hydrogen) atoms. The number of alkyl halides is 3. The first-order chi connectivity index (χ1) is 16.5. The normalized spacial score (nSPS) is 26.8. The number of nitrogens with one attached hydrogen (secondary N) is 1. The number of Topliss-reactive ketones (excluding diaryl/α,β-unsaturated/α-hetero) is 1. The second kappa shape index (κ2) is 8.37. The first-order valence-corrected chi connectivity index (χ1v) is 11.2. The summed E-state index contributed by atoms with van der Waals surface area (Å²) in [5.74, 6) is -1.01. The SMILES string of the molecule is O=C1C[C@H](C(=O)NC23CC(c4cnc(OCCCOC(F)(F)F)o4)(C2)C3)Oc2cc(F)c(Cl)cc21. The maximum Gasteiger partial charge on any atom is 0.522 e. The highest BCUT2D eigenvalue weighted by Crippen LogP contribution is 2.68. The van der Waals surface area contributed by atoms with Gasteiger partial charge in [-0.15, -0.1) is 13.2 Å². The molecular weight excluding hydrogens is 500 g/mol. The van der Waals surface area contributed by atoms with Gasteiger partial charge in [0, 0.05) is 23.4 Å². The second-order valence-corrected chi connectivity index (χ2v) is 9.47. The molecule has 0 unspecified atom stereocenters. The second-order valence-electron chi connectivity index (χ2n) is 9.06. The fourth-order valence-electron chi connectivity index (χ4n) is 4.96. The van der Waals surface area contributed by atoms with Crippen LogP contribution in [-0.4, -0.2) is 47.9 Å². The Morgan fingerprint density at radius 3 is 2.71 bits per heavy atom. The molecule has 3 fully saturated rings. The highest BCUT2D eigenvalue weighted by Gasteiger charge is 2.71. The van der Waals surface area contributed by atoms with Crippen LogP contribution in [0, 0.1) is 5.82 Å². The molecular formula is C22H19ClF4N2O6. The number of carbonyl (C=O) groups excluding carboxylic acids is 2. The van der Waals surface area contributed by atoms with Gasteiger partial charge in [0.15, 0.2) is 11.9 Å². The summed E-state index contributed by atoms with van der Waals surface area (Å²) in [5, 5.41) is 2.74. The number of fused-ring (bicyclic) bond motifs is 1. The minimum Gasteiger partial charge on any atom is -0.479 e. The molecule has 6 rings (SSSR count). The first-order valence-electron chi connectivity index (χ1n) is 10.8. The lowest BCUT2D eigenvalue weighted by Crippen LogP contribution is -2.77. The van der Waals surface area contributed by atoms with E-state index in [0.717, 1.165) is 6.07 Å². The molecule has 1 aromatic carbocycles. The van der Waals surface area contributed by atoms with Crippen LogP contribution >= 0.6 is 11.6 Å². The summed E-state index contributed by atoms with van der Waals surface area (Å²) in [5.41, 5.74) is -0.629. The summed E-state index contributed by atoms with van der Waals surface area (Å²) in [4.78, 5) is 29.2. The quantitative estimate of drug-likeness (QED) is 0.415. The van der Waals surface area contributed by atoms with Crippen molar-refractivity contribution in [2.75, 3.05) is 13.2 Å². The minimum absolute atomic E-state index is 0.00735. The van der Waals surface area contributed by atoms with E-state index in [1.807, 2.05) is 0 Å². The summed E-state index contributed by atoms with van der Waals surface area (Å²) in [7, 11) is 0. The number of rotatable bonds is 8. The Kier molecular flexibility index (Phi) is 5.71. The summed E-state index contributed by atoms with van der Waals surface area (Å²) >= 11 is 5.72. The third-order valence-corrected chi connectivity index (χ3v) is 6.75. The Morgan fingerprint density at radius 1 is 1.26 bits per heavy atom. The van der Waals surface area contributed by atoms with Gasteiger partial charge in [0.2, 0.25) is 0 Å². The summed E-state index contributed by atoms with van der Waals surface area (Å²) in [6, 6.07) is 2.19. The van der Waals surface area contributed by atoms with Gasteiger partial charge < -0.3 is 19.2 Å². The Balaban J connectivity index is 1.11. The third-order valence-electron chi connectivity index (χ3n) is 6.46. The van der Waals surface area contributed by atoms with Crippen LogP contribution in [0.3, 0.4) is 0 Å². The molecule has 1 N–H and O–H groups in total. The molecule has 0 saturated heterocycles. The first kappa shape index (κ1) is 23.9. The molecule has 0 spiro atoms. The Morgan fingerprint density at radius 2 is 2.00 bits per heavy atom. The molecule has 8 nitrogen and oxygen atoms in total. The predicted molar refractivity (Wildman–Crippen MR) is 110 cm³/mol. The van der Waals surface area contributed by atoms with E-state index in [1.54, 1.807) is 0 Å². The summed E-state index contributed by atoms with van der Waals surface area (Å²) < 4.78 is 69.7. The van der Waals surface area contributed by atoms with Crippen LogP contribution in [0.25, 0.3) is 0 Å². The number of amides is 1. The van der Waals surface area contributed by atoms with Gasteiger partial charge in [-0.25, -0.2) is 4.39 Å². The largest absolute Gasteiger partial charge is 0.522 e. The van der Waals surface area contributed by atoms with Gasteiger partial charge in [-0.2, -0.15) is 4.98 Å². The molecule has 0 radical (unpaired) electrons. The maximum absolute atomic E-state index is 13.8. The average Bonchev–Trinajstić information content (AvgIpc) is 3.18. The van der Waals surface area contributed by atoms with Gasteiger partial charge in [-0.3, -0.25) is 14.3 Å². The monoisotopic (exact) mass is 518 g/mol. The Hall–Kier alpha value is -2.86. The lowest BCUT2D eigenvalue weighted by atomic mass is 9.38. The van der Waals surface area contributed by atoms with Crippen LogP contribution in [0.1, 0.15) is 48.2 Å². The van der Waals surface area contributed by atoms with Gasteiger partial charge >= 0.3 is 12.4 Å². The number of nitrogens with zero attached hydrogens (tertiary/aromatic N) is 1. The minimum atomic E-state index is -4.68. The lowest BCUT2D eigenvalue weighted by Gasteiger charge is -2.69. The topological polar surface area (TPSA) is 99.9 Å². The van der Waals surface area contributed by atoms with Crippen molar-refractivity contribution in [3.05, 3.63) is 40.5 Å². The highest BCUT2D eigenvalue weighted by molar-refractivity contribution is 6.31. The van der Waals surface area contributed by atoms with Crippen LogP contribution in [0.15, 0.2) is 22.7 Å². The molecule has 1 atom stereocenters. The molecule has 3 saturated carbocycles. The van der Waals surface area contributed by atoms with Gasteiger partial charge in [0.05, 0.1) is 36.4 Å². The molecule has 4 aliphatic rings. The summed E-state index contributed by atoms with van der Waals surface area (Å²) in [6.45, 7) is -0.587. The van der Waals surface area contributed by atoms with Crippen molar-refractivity contribution in [3.8, 4) is 11.8 Å². The van der Waals surface area contributed by atoms with Gasteiger partial charge in [-0.1, -0.05) is 11.6 Å². The van der Waals surface area contributed by atoms with Crippen molar-refractivity contribution < 1.29 is 45.8 Å². The molecule has 1 aliphatic heterocycles. The molecule has 2 aromatic rings. The highest BCUT2D eigenvalue weighted by atomic mass is 35.5. The summed E-state index contributed by atoms with van der Waals surface area (Å²) in [6.07, 6.45) is -2.72. The van der Waals surface area contributed by atoms with Crippen LogP contribution in [0.4, 0.5) is 17.6 Å². The van der Waals surface area contributed by atoms with E-state index in [9.17, 15) is 27.2 Å². The smallest absolute Gasteiger partial charge is 0.479 e. The molecule has 1 aromatic heterocycles. The molecule has 13 heteroatoms. The van der Waals surface area contributed by atoms with Crippen molar-refractivity contribution in [3.63, 3.8) is 0 Å². The van der Waals surface area contributed by atoms with E-state index < -0.39 is 36.3 Å². The van der Waals surface area contributed by atoms with Crippen molar-refractivity contribution in [2.45, 2.75) is 55.5 Å². The number of oxazole rings is 1. The van der Waals surface area contributed by atoms with E-state index in [2.05, 4.69) is 15.0 Å². The van der Waals surface area contributed by atoms with Gasteiger partial charge in [0.1, 0.15) is 17.3 Å². The molecule has 188 valence electrons. The van der Waals surface area contributed by atoms with Crippen LogP contribution in [-0.2, 0) is 14.9 Å². The van der Waals surface area contributed by atoms with Crippen LogP contribution in [0.2, 0.25) is 5.02 Å². The number of hydrogen-bond donors (Lipinski definition) is 1. The average molecular weight is 519 g/mol. The zero-order valence-electron chi connectivity index (χ0n) is 18.0. The van der Waals surface area contributed by atoms with E-state index in [0.29, 0.717) is 25.0 Å². The number of ketones is 1.